The molecule has 4 heteroatoms. The van der Waals surface area contributed by atoms with Crippen LogP contribution in [0, 0.1) is 41.5 Å². The first-order valence-corrected chi connectivity index (χ1v) is 5.93. The van der Waals surface area contributed by atoms with Crippen molar-refractivity contribution in [2.75, 3.05) is 0 Å². The molecule has 0 aliphatic carbocycles. The summed E-state index contributed by atoms with van der Waals surface area (Å²) in [7, 11) is 0. The van der Waals surface area contributed by atoms with Crippen molar-refractivity contribution in [3.05, 3.63) is 33.9 Å². The number of aryl methyl sites for hydroxylation is 2. The second-order valence-corrected chi connectivity index (χ2v) is 4.73. The van der Waals surface area contributed by atoms with Crippen LogP contribution in [-0.4, -0.2) is 19.6 Å². The third kappa shape index (κ3) is 1.88. The minimum Gasteiger partial charge on any atom is -0.248 e. The van der Waals surface area contributed by atoms with Gasteiger partial charge in [-0.2, -0.15) is 10.2 Å². The van der Waals surface area contributed by atoms with Crippen LogP contribution in [0.5, 0.6) is 0 Å². The van der Waals surface area contributed by atoms with Gasteiger partial charge in [0.1, 0.15) is 6.67 Å². The van der Waals surface area contributed by atoms with Gasteiger partial charge in [-0.1, -0.05) is 0 Å². The van der Waals surface area contributed by atoms with Gasteiger partial charge in [-0.05, 0) is 52.7 Å². The summed E-state index contributed by atoms with van der Waals surface area (Å²) in [6.07, 6.45) is 0. The van der Waals surface area contributed by atoms with Crippen molar-refractivity contribution in [1.82, 2.24) is 19.6 Å². The summed E-state index contributed by atoms with van der Waals surface area (Å²) >= 11 is 0. The third-order valence-electron chi connectivity index (χ3n) is 3.75. The Morgan fingerprint density at radius 1 is 0.706 bits per heavy atom. The molecule has 0 aliphatic heterocycles. The predicted molar refractivity (Wildman–Crippen MR) is 68.3 cm³/mol. The molecule has 0 radical (unpaired) electrons. The lowest BCUT2D eigenvalue weighted by molar-refractivity contribution is 0.480. The van der Waals surface area contributed by atoms with Gasteiger partial charge in [0.05, 0.1) is 11.4 Å². The van der Waals surface area contributed by atoms with Crippen LogP contribution in [-0.2, 0) is 6.67 Å². The molecule has 0 fully saturated rings. The molecular weight excluding hydrogens is 212 g/mol. The SMILES string of the molecule is Cc1nn(Cn2nc(C)c(C)c2C)c(C)c1C. The van der Waals surface area contributed by atoms with Gasteiger partial charge < -0.3 is 0 Å². The zero-order chi connectivity index (χ0) is 12.7. The molecule has 2 rings (SSSR count). The van der Waals surface area contributed by atoms with Gasteiger partial charge in [-0.3, -0.25) is 0 Å². The van der Waals surface area contributed by atoms with Crippen LogP contribution < -0.4 is 0 Å². The summed E-state index contributed by atoms with van der Waals surface area (Å²) in [4.78, 5) is 0. The van der Waals surface area contributed by atoms with E-state index in [1.54, 1.807) is 0 Å². The molecule has 0 unspecified atom stereocenters. The zero-order valence-corrected chi connectivity index (χ0v) is 11.5. The van der Waals surface area contributed by atoms with Crippen molar-refractivity contribution in [3.8, 4) is 0 Å². The van der Waals surface area contributed by atoms with E-state index in [-0.39, 0.29) is 0 Å². The second-order valence-electron chi connectivity index (χ2n) is 4.73. The molecule has 0 aromatic carbocycles. The van der Waals surface area contributed by atoms with E-state index in [1.807, 2.05) is 23.2 Å². The third-order valence-corrected chi connectivity index (χ3v) is 3.75. The molecule has 2 aromatic heterocycles. The lowest BCUT2D eigenvalue weighted by Crippen LogP contribution is -2.13. The molecular formula is C13H20N4. The van der Waals surface area contributed by atoms with Crippen LogP contribution >= 0.6 is 0 Å². The second kappa shape index (κ2) is 4.02. The van der Waals surface area contributed by atoms with Crippen LogP contribution in [0.1, 0.15) is 33.9 Å². The smallest absolute Gasteiger partial charge is 0.133 e. The summed E-state index contributed by atoms with van der Waals surface area (Å²) in [5.74, 6) is 0. The van der Waals surface area contributed by atoms with Crippen LogP contribution in [0.2, 0.25) is 0 Å². The number of nitrogens with zero attached hydrogens (tertiary/aromatic N) is 4. The Balaban J connectivity index is 2.38. The van der Waals surface area contributed by atoms with E-state index in [0.29, 0.717) is 6.67 Å². The molecule has 0 amide bonds. The number of hydrogen-bond donors (Lipinski definition) is 0. The Kier molecular flexibility index (Phi) is 2.81. The zero-order valence-electron chi connectivity index (χ0n) is 11.5. The summed E-state index contributed by atoms with van der Waals surface area (Å²) in [6, 6.07) is 0. The molecule has 0 atom stereocenters. The average Bonchev–Trinajstić information content (AvgIpc) is 2.66. The van der Waals surface area contributed by atoms with Crippen molar-refractivity contribution in [2.45, 2.75) is 48.2 Å². The maximum absolute atomic E-state index is 4.54. The topological polar surface area (TPSA) is 35.6 Å². The maximum atomic E-state index is 4.54. The molecule has 0 saturated carbocycles. The molecule has 0 aliphatic rings. The van der Waals surface area contributed by atoms with Gasteiger partial charge in [-0.15, -0.1) is 0 Å². The van der Waals surface area contributed by atoms with Crippen LogP contribution in [0.25, 0.3) is 0 Å². The average molecular weight is 232 g/mol. The summed E-state index contributed by atoms with van der Waals surface area (Å²) < 4.78 is 4.03. The van der Waals surface area contributed by atoms with Gasteiger partial charge in [-0.25, -0.2) is 9.36 Å². The quantitative estimate of drug-likeness (QED) is 0.797. The normalized spacial score (nSPS) is 11.2. The fraction of sp³-hybridized carbons (Fsp3) is 0.538. The minimum absolute atomic E-state index is 0.695. The maximum Gasteiger partial charge on any atom is 0.133 e. The van der Waals surface area contributed by atoms with Gasteiger partial charge in [0.25, 0.3) is 0 Å². The fourth-order valence-corrected chi connectivity index (χ4v) is 1.98. The first kappa shape index (κ1) is 11.9. The highest BCUT2D eigenvalue weighted by Gasteiger charge is 2.11. The molecule has 0 bridgehead atoms. The largest absolute Gasteiger partial charge is 0.248 e. The molecule has 92 valence electrons. The molecule has 0 N–H and O–H groups in total. The van der Waals surface area contributed by atoms with Gasteiger partial charge in [0, 0.05) is 11.4 Å². The first-order valence-electron chi connectivity index (χ1n) is 5.93. The van der Waals surface area contributed by atoms with E-state index in [4.69, 9.17) is 0 Å². The summed E-state index contributed by atoms with van der Waals surface area (Å²) in [6.45, 7) is 13.2. The molecule has 2 heterocycles. The monoisotopic (exact) mass is 232 g/mol. The lowest BCUT2D eigenvalue weighted by Gasteiger charge is -2.07. The van der Waals surface area contributed by atoms with Crippen LogP contribution in [0.3, 0.4) is 0 Å². The Morgan fingerprint density at radius 3 is 1.29 bits per heavy atom. The fourth-order valence-electron chi connectivity index (χ4n) is 1.98. The molecule has 17 heavy (non-hydrogen) atoms. The van der Waals surface area contributed by atoms with E-state index in [9.17, 15) is 0 Å². The van der Waals surface area contributed by atoms with E-state index < -0.39 is 0 Å². The van der Waals surface area contributed by atoms with Crippen molar-refractivity contribution < 1.29 is 0 Å². The minimum atomic E-state index is 0.695. The van der Waals surface area contributed by atoms with Gasteiger partial charge in [0.15, 0.2) is 0 Å². The van der Waals surface area contributed by atoms with E-state index in [2.05, 4.69) is 37.9 Å². The molecule has 4 nitrogen and oxygen atoms in total. The van der Waals surface area contributed by atoms with E-state index in [0.717, 1.165) is 11.4 Å². The van der Waals surface area contributed by atoms with Crippen LogP contribution in [0.4, 0.5) is 0 Å². The highest BCUT2D eigenvalue weighted by atomic mass is 15.4. The highest BCUT2D eigenvalue weighted by Crippen LogP contribution is 2.14. The van der Waals surface area contributed by atoms with Crippen molar-refractivity contribution in [2.24, 2.45) is 0 Å². The number of rotatable bonds is 2. The Labute approximate surface area is 102 Å². The molecule has 0 spiro atoms. The number of aromatic nitrogens is 4. The van der Waals surface area contributed by atoms with Crippen LogP contribution in [0.15, 0.2) is 0 Å². The summed E-state index contributed by atoms with van der Waals surface area (Å²) in [5.41, 5.74) is 7.16. The van der Waals surface area contributed by atoms with Crippen molar-refractivity contribution in [1.29, 1.82) is 0 Å². The Bertz CT molecular complexity index is 510. The predicted octanol–water partition coefficient (Wildman–Crippen LogP) is 2.44. The van der Waals surface area contributed by atoms with E-state index in [1.165, 1.54) is 22.5 Å². The Morgan fingerprint density at radius 2 is 1.06 bits per heavy atom. The highest BCUT2D eigenvalue weighted by molar-refractivity contribution is 5.24. The lowest BCUT2D eigenvalue weighted by atomic mass is 10.2. The Hall–Kier alpha value is -1.58. The molecule has 2 aromatic rings. The van der Waals surface area contributed by atoms with Crippen molar-refractivity contribution in [3.63, 3.8) is 0 Å². The molecule has 0 saturated heterocycles. The van der Waals surface area contributed by atoms with Gasteiger partial charge in [0.2, 0.25) is 0 Å². The first-order chi connectivity index (χ1) is 7.91. The van der Waals surface area contributed by atoms with Crippen molar-refractivity contribution >= 4 is 0 Å². The van der Waals surface area contributed by atoms with Gasteiger partial charge >= 0.3 is 0 Å². The summed E-state index contributed by atoms with van der Waals surface area (Å²) in [5, 5.41) is 9.08. The van der Waals surface area contributed by atoms with E-state index >= 15 is 0 Å². The number of hydrogen-bond acceptors (Lipinski definition) is 2. The standard InChI is InChI=1S/C13H20N4/c1-8-10(3)14-16(12(8)5)7-17-13(6)9(2)11(4)15-17/h7H2,1-6H3.